The summed E-state index contributed by atoms with van der Waals surface area (Å²) in [5.41, 5.74) is 0.187. The minimum atomic E-state index is -0.525. The van der Waals surface area contributed by atoms with Gasteiger partial charge in [0.1, 0.15) is 17.3 Å². The predicted molar refractivity (Wildman–Crippen MR) is 78.2 cm³/mol. The smallest absolute Gasteiger partial charge is 0.276 e. The van der Waals surface area contributed by atoms with Crippen LogP contribution in [-0.4, -0.2) is 22.4 Å². The molecule has 5 nitrogen and oxygen atoms in total. The number of amides is 1. The van der Waals surface area contributed by atoms with Gasteiger partial charge < -0.3 is 10.6 Å². The van der Waals surface area contributed by atoms with Gasteiger partial charge in [0.2, 0.25) is 0 Å². The first-order chi connectivity index (χ1) is 9.61. The Morgan fingerprint density at radius 1 is 1.40 bits per heavy atom. The van der Waals surface area contributed by atoms with E-state index in [1.165, 1.54) is 18.5 Å². The molecular formula is C13H12BrFN4O. The van der Waals surface area contributed by atoms with Crippen LogP contribution in [0.4, 0.5) is 15.9 Å². The molecule has 1 aromatic heterocycles. The van der Waals surface area contributed by atoms with Crippen molar-refractivity contribution in [1.82, 2.24) is 9.97 Å². The third-order valence-corrected chi connectivity index (χ3v) is 3.09. The molecule has 1 aromatic carbocycles. The van der Waals surface area contributed by atoms with Crippen LogP contribution in [0.3, 0.4) is 0 Å². The van der Waals surface area contributed by atoms with Gasteiger partial charge in [-0.25, -0.2) is 9.37 Å². The third kappa shape index (κ3) is 3.30. The lowest BCUT2D eigenvalue weighted by Crippen LogP contribution is -2.16. The van der Waals surface area contributed by atoms with Gasteiger partial charge in [0, 0.05) is 11.0 Å². The molecule has 0 radical (unpaired) electrons. The van der Waals surface area contributed by atoms with E-state index < -0.39 is 11.7 Å². The number of carbonyl (C=O) groups is 1. The quantitative estimate of drug-likeness (QED) is 0.898. The molecular weight excluding hydrogens is 327 g/mol. The van der Waals surface area contributed by atoms with Crippen molar-refractivity contribution >= 4 is 33.3 Å². The van der Waals surface area contributed by atoms with Crippen LogP contribution in [0.15, 0.2) is 35.1 Å². The molecule has 7 heteroatoms. The highest BCUT2D eigenvalue weighted by atomic mass is 79.9. The molecule has 0 aliphatic carbocycles. The zero-order valence-corrected chi connectivity index (χ0v) is 12.2. The van der Waals surface area contributed by atoms with Gasteiger partial charge in [-0.2, -0.15) is 0 Å². The molecule has 104 valence electrons. The first-order valence-electron chi connectivity index (χ1n) is 5.93. The Hall–Kier alpha value is -2.02. The maximum atomic E-state index is 13.6. The summed E-state index contributed by atoms with van der Waals surface area (Å²) in [7, 11) is 0. The second-order valence-corrected chi connectivity index (χ2v) is 4.73. The second-order valence-electron chi connectivity index (χ2n) is 3.87. The van der Waals surface area contributed by atoms with E-state index in [4.69, 9.17) is 0 Å². The van der Waals surface area contributed by atoms with E-state index >= 15 is 0 Å². The van der Waals surface area contributed by atoms with E-state index in [0.29, 0.717) is 16.8 Å². The first kappa shape index (κ1) is 14.4. The standard InChI is InChI=1S/C13H12BrFN4O/c1-2-17-11-7-16-6-10(18-11)13(20)19-12-8(14)4-3-5-9(12)15/h3-7H,2H2,1H3,(H,17,18)(H,19,20). The Morgan fingerprint density at radius 3 is 2.90 bits per heavy atom. The minimum Gasteiger partial charge on any atom is -0.369 e. The monoisotopic (exact) mass is 338 g/mol. The molecule has 2 rings (SSSR count). The van der Waals surface area contributed by atoms with E-state index in [1.807, 2.05) is 6.92 Å². The summed E-state index contributed by atoms with van der Waals surface area (Å²) in [4.78, 5) is 20.1. The summed E-state index contributed by atoms with van der Waals surface area (Å²) in [5.74, 6) is -0.556. The Kier molecular flexibility index (Phi) is 4.62. The number of nitrogens with zero attached hydrogens (tertiary/aromatic N) is 2. The number of carbonyl (C=O) groups excluding carboxylic acids is 1. The predicted octanol–water partition coefficient (Wildman–Crippen LogP) is 3.06. The SMILES string of the molecule is CCNc1cncc(C(=O)Nc2c(F)cccc2Br)n1. The van der Waals surface area contributed by atoms with Crippen LogP contribution >= 0.6 is 15.9 Å². The van der Waals surface area contributed by atoms with Crippen LogP contribution in [-0.2, 0) is 0 Å². The normalized spacial score (nSPS) is 10.2. The lowest BCUT2D eigenvalue weighted by atomic mass is 10.3. The van der Waals surface area contributed by atoms with Crippen molar-refractivity contribution in [2.75, 3.05) is 17.2 Å². The molecule has 20 heavy (non-hydrogen) atoms. The maximum Gasteiger partial charge on any atom is 0.276 e. The molecule has 0 saturated carbocycles. The fourth-order valence-electron chi connectivity index (χ4n) is 1.54. The Morgan fingerprint density at radius 2 is 2.20 bits per heavy atom. The van der Waals surface area contributed by atoms with Crippen molar-refractivity contribution in [2.24, 2.45) is 0 Å². The summed E-state index contributed by atoms with van der Waals surface area (Å²) in [5, 5.41) is 5.43. The number of benzene rings is 1. The van der Waals surface area contributed by atoms with Crippen LogP contribution < -0.4 is 10.6 Å². The number of para-hydroxylation sites is 1. The summed E-state index contributed by atoms with van der Waals surface area (Å²) >= 11 is 3.18. The van der Waals surface area contributed by atoms with Crippen molar-refractivity contribution in [3.05, 3.63) is 46.6 Å². The van der Waals surface area contributed by atoms with Gasteiger partial charge in [0.15, 0.2) is 0 Å². The van der Waals surface area contributed by atoms with Gasteiger partial charge in [-0.15, -0.1) is 0 Å². The Labute approximate surface area is 123 Å². The largest absolute Gasteiger partial charge is 0.369 e. The van der Waals surface area contributed by atoms with E-state index in [2.05, 4.69) is 36.5 Å². The van der Waals surface area contributed by atoms with Crippen molar-refractivity contribution < 1.29 is 9.18 Å². The highest BCUT2D eigenvalue weighted by Gasteiger charge is 2.13. The first-order valence-corrected chi connectivity index (χ1v) is 6.72. The minimum absolute atomic E-state index is 0.0770. The molecule has 0 bridgehead atoms. The molecule has 0 unspecified atom stereocenters. The number of nitrogens with one attached hydrogen (secondary N) is 2. The van der Waals surface area contributed by atoms with Crippen molar-refractivity contribution in [2.45, 2.75) is 6.92 Å². The maximum absolute atomic E-state index is 13.6. The number of hydrogen-bond acceptors (Lipinski definition) is 4. The molecule has 0 fully saturated rings. The molecule has 0 aliphatic rings. The zero-order valence-electron chi connectivity index (χ0n) is 10.7. The molecule has 2 N–H and O–H groups in total. The van der Waals surface area contributed by atoms with Crippen molar-refractivity contribution in [3.63, 3.8) is 0 Å². The number of rotatable bonds is 4. The second kappa shape index (κ2) is 6.42. The topological polar surface area (TPSA) is 66.9 Å². The van der Waals surface area contributed by atoms with E-state index in [0.717, 1.165) is 0 Å². The van der Waals surface area contributed by atoms with Crippen molar-refractivity contribution in [1.29, 1.82) is 0 Å². The summed E-state index contributed by atoms with van der Waals surface area (Å²) < 4.78 is 14.1. The molecule has 1 amide bonds. The highest BCUT2D eigenvalue weighted by molar-refractivity contribution is 9.10. The zero-order chi connectivity index (χ0) is 14.5. The summed E-state index contributed by atoms with van der Waals surface area (Å²) in [6, 6.07) is 4.45. The lowest BCUT2D eigenvalue weighted by molar-refractivity contribution is 0.102. The Balaban J connectivity index is 2.22. The van der Waals surface area contributed by atoms with Crippen molar-refractivity contribution in [3.8, 4) is 0 Å². The number of halogens is 2. The average molecular weight is 339 g/mol. The molecule has 0 spiro atoms. The number of aromatic nitrogens is 2. The number of anilines is 2. The van der Waals surface area contributed by atoms with Gasteiger partial charge in [0.25, 0.3) is 5.91 Å². The van der Waals surface area contributed by atoms with E-state index in [1.54, 1.807) is 12.1 Å². The Bertz CT molecular complexity index is 615. The van der Waals surface area contributed by atoms with E-state index in [-0.39, 0.29) is 11.4 Å². The molecule has 0 saturated heterocycles. The van der Waals surface area contributed by atoms with Gasteiger partial charge in [0.05, 0.1) is 18.1 Å². The van der Waals surface area contributed by atoms with Crippen LogP contribution in [0.5, 0.6) is 0 Å². The van der Waals surface area contributed by atoms with Crippen LogP contribution in [0.25, 0.3) is 0 Å². The van der Waals surface area contributed by atoms with Gasteiger partial charge in [-0.1, -0.05) is 6.07 Å². The van der Waals surface area contributed by atoms with Gasteiger partial charge in [-0.3, -0.25) is 9.78 Å². The molecule has 2 aromatic rings. The highest BCUT2D eigenvalue weighted by Crippen LogP contribution is 2.25. The van der Waals surface area contributed by atoms with Crippen LogP contribution in [0.1, 0.15) is 17.4 Å². The summed E-state index contributed by atoms with van der Waals surface area (Å²) in [6.07, 6.45) is 2.84. The third-order valence-electron chi connectivity index (χ3n) is 2.43. The van der Waals surface area contributed by atoms with E-state index in [9.17, 15) is 9.18 Å². The molecule has 1 heterocycles. The van der Waals surface area contributed by atoms with Crippen LogP contribution in [0, 0.1) is 5.82 Å². The lowest BCUT2D eigenvalue weighted by Gasteiger charge is -2.08. The fraction of sp³-hybridized carbons (Fsp3) is 0.154. The fourth-order valence-corrected chi connectivity index (χ4v) is 1.98. The molecule has 0 atom stereocenters. The number of hydrogen-bond donors (Lipinski definition) is 2. The van der Waals surface area contributed by atoms with Crippen LogP contribution in [0.2, 0.25) is 0 Å². The molecule has 0 aliphatic heterocycles. The average Bonchev–Trinajstić information content (AvgIpc) is 2.43. The van der Waals surface area contributed by atoms with Gasteiger partial charge in [-0.05, 0) is 35.0 Å². The summed E-state index contributed by atoms with van der Waals surface area (Å²) in [6.45, 7) is 2.57. The van der Waals surface area contributed by atoms with Gasteiger partial charge >= 0.3 is 0 Å².